The third-order valence-corrected chi connectivity index (χ3v) is 6.38. The second-order valence-corrected chi connectivity index (χ2v) is 7.64. The summed E-state index contributed by atoms with van der Waals surface area (Å²) in [4.78, 5) is 11.2. The highest BCUT2D eigenvalue weighted by Crippen LogP contribution is 2.30. The van der Waals surface area contributed by atoms with Gasteiger partial charge in [-0.1, -0.05) is 31.7 Å². The molecule has 0 radical (unpaired) electrons. The largest absolute Gasteiger partial charge is 0.478 e. The molecule has 110 valence electrons. The lowest BCUT2D eigenvalue weighted by molar-refractivity contribution is 0.0696. The Morgan fingerprint density at radius 1 is 1.15 bits per heavy atom. The van der Waals surface area contributed by atoms with Crippen LogP contribution in [-0.2, 0) is 9.84 Å². The maximum atomic E-state index is 12.7. The molecule has 20 heavy (non-hydrogen) atoms. The van der Waals surface area contributed by atoms with E-state index in [0.29, 0.717) is 18.4 Å². The molecule has 5 heteroatoms. The zero-order valence-corrected chi connectivity index (χ0v) is 12.4. The number of carbonyl (C=O) groups is 1. The van der Waals surface area contributed by atoms with Crippen molar-refractivity contribution in [2.75, 3.05) is 0 Å². The lowest BCUT2D eigenvalue weighted by Crippen LogP contribution is -2.22. The zero-order chi connectivity index (χ0) is 14.8. The Balaban J connectivity index is 2.42. The van der Waals surface area contributed by atoms with E-state index in [4.69, 9.17) is 5.11 Å². The van der Waals surface area contributed by atoms with Crippen molar-refractivity contribution >= 4 is 15.8 Å². The second-order valence-electron chi connectivity index (χ2n) is 5.44. The Kier molecular flexibility index (Phi) is 4.48. The molecule has 4 nitrogen and oxygen atoms in total. The molecule has 0 aromatic heterocycles. The van der Waals surface area contributed by atoms with Gasteiger partial charge in [0.1, 0.15) is 0 Å². The standard InChI is InChI=1S/C15H20O4S/c1-11-8-9-12(15(16)17)10-14(11)20(18,19)13-6-4-2-3-5-7-13/h8-10,13H,2-7H2,1H3,(H,16,17). The van der Waals surface area contributed by atoms with E-state index < -0.39 is 15.8 Å². The summed E-state index contributed by atoms with van der Waals surface area (Å²) in [7, 11) is -3.44. The maximum absolute atomic E-state index is 12.7. The van der Waals surface area contributed by atoms with Crippen molar-refractivity contribution in [2.45, 2.75) is 55.6 Å². The monoisotopic (exact) mass is 296 g/mol. The summed E-state index contributed by atoms with van der Waals surface area (Å²) in [6.45, 7) is 1.72. The fourth-order valence-corrected chi connectivity index (χ4v) is 4.89. The molecular weight excluding hydrogens is 276 g/mol. The van der Waals surface area contributed by atoms with Crippen LogP contribution in [0.15, 0.2) is 23.1 Å². The number of benzene rings is 1. The van der Waals surface area contributed by atoms with Gasteiger partial charge in [0, 0.05) is 0 Å². The molecule has 1 saturated carbocycles. The molecule has 0 amide bonds. The molecule has 1 fully saturated rings. The van der Waals surface area contributed by atoms with Crippen molar-refractivity contribution in [3.8, 4) is 0 Å². The van der Waals surface area contributed by atoms with Gasteiger partial charge in [0.25, 0.3) is 0 Å². The van der Waals surface area contributed by atoms with Crippen LogP contribution >= 0.6 is 0 Å². The van der Waals surface area contributed by atoms with Crippen molar-refractivity contribution in [3.05, 3.63) is 29.3 Å². The number of hydrogen-bond acceptors (Lipinski definition) is 3. The molecule has 0 heterocycles. The van der Waals surface area contributed by atoms with Crippen LogP contribution < -0.4 is 0 Å². The third kappa shape index (κ3) is 3.03. The fourth-order valence-electron chi connectivity index (χ4n) is 2.77. The van der Waals surface area contributed by atoms with Gasteiger partial charge >= 0.3 is 5.97 Å². The highest BCUT2D eigenvalue weighted by Gasteiger charge is 2.29. The first-order chi connectivity index (χ1) is 9.43. The summed E-state index contributed by atoms with van der Waals surface area (Å²) >= 11 is 0. The first kappa shape index (κ1) is 15.0. The van der Waals surface area contributed by atoms with Crippen molar-refractivity contribution in [1.29, 1.82) is 0 Å². The lowest BCUT2D eigenvalue weighted by Gasteiger charge is -2.17. The van der Waals surface area contributed by atoms with E-state index in [0.717, 1.165) is 25.7 Å². The van der Waals surface area contributed by atoms with Crippen LogP contribution in [-0.4, -0.2) is 24.7 Å². The molecule has 0 aliphatic heterocycles. The maximum Gasteiger partial charge on any atom is 0.335 e. The van der Waals surface area contributed by atoms with E-state index in [1.165, 1.54) is 12.1 Å². The Hall–Kier alpha value is -1.36. The van der Waals surface area contributed by atoms with Crippen LogP contribution in [0.2, 0.25) is 0 Å². The second kappa shape index (κ2) is 5.95. The SMILES string of the molecule is Cc1ccc(C(=O)O)cc1S(=O)(=O)C1CCCCCC1. The number of rotatable bonds is 3. The average molecular weight is 296 g/mol. The van der Waals surface area contributed by atoms with Gasteiger partial charge in [-0.05, 0) is 37.5 Å². The first-order valence-corrected chi connectivity index (χ1v) is 8.55. The summed E-state index contributed by atoms with van der Waals surface area (Å²) in [5.41, 5.74) is 0.655. The molecule has 0 bridgehead atoms. The Morgan fingerprint density at radius 2 is 1.75 bits per heavy atom. The summed E-state index contributed by atoms with van der Waals surface area (Å²) in [5.74, 6) is -1.10. The Labute approximate surface area is 119 Å². The fraction of sp³-hybridized carbons (Fsp3) is 0.533. The minimum Gasteiger partial charge on any atom is -0.478 e. The normalized spacial score (nSPS) is 17.6. The molecule has 0 saturated heterocycles. The van der Waals surface area contributed by atoms with E-state index in [1.54, 1.807) is 13.0 Å². The first-order valence-electron chi connectivity index (χ1n) is 7.01. The van der Waals surface area contributed by atoms with Gasteiger partial charge in [-0.3, -0.25) is 0 Å². The van der Waals surface area contributed by atoms with Crippen LogP contribution in [0.4, 0.5) is 0 Å². The van der Waals surface area contributed by atoms with Crippen molar-refractivity contribution < 1.29 is 18.3 Å². The number of hydrogen-bond donors (Lipinski definition) is 1. The molecule has 0 atom stereocenters. The molecular formula is C15H20O4S. The van der Waals surface area contributed by atoms with Crippen LogP contribution in [0.3, 0.4) is 0 Å². The molecule has 0 unspecified atom stereocenters. The van der Waals surface area contributed by atoms with Gasteiger partial charge in [-0.25, -0.2) is 13.2 Å². The number of aromatic carboxylic acids is 1. The lowest BCUT2D eigenvalue weighted by atomic mass is 10.1. The summed E-state index contributed by atoms with van der Waals surface area (Å²) in [5, 5.41) is 8.66. The number of aryl methyl sites for hydroxylation is 1. The van der Waals surface area contributed by atoms with Crippen LogP contribution in [0, 0.1) is 6.92 Å². The highest BCUT2D eigenvalue weighted by atomic mass is 32.2. The molecule has 1 aromatic carbocycles. The molecule has 1 aliphatic carbocycles. The van der Waals surface area contributed by atoms with Crippen molar-refractivity contribution in [1.82, 2.24) is 0 Å². The van der Waals surface area contributed by atoms with Crippen molar-refractivity contribution in [3.63, 3.8) is 0 Å². The van der Waals surface area contributed by atoms with E-state index in [1.807, 2.05) is 0 Å². The van der Waals surface area contributed by atoms with Gasteiger partial charge in [-0.15, -0.1) is 0 Å². The van der Waals surface area contributed by atoms with Gasteiger partial charge in [-0.2, -0.15) is 0 Å². The summed E-state index contributed by atoms with van der Waals surface area (Å²) in [6.07, 6.45) is 5.39. The van der Waals surface area contributed by atoms with E-state index in [2.05, 4.69) is 0 Å². The van der Waals surface area contributed by atoms with Gasteiger partial charge in [0.05, 0.1) is 15.7 Å². The van der Waals surface area contributed by atoms with Gasteiger partial charge in [0.15, 0.2) is 9.84 Å². The highest BCUT2D eigenvalue weighted by molar-refractivity contribution is 7.92. The molecule has 1 aromatic rings. The number of carboxylic acids is 1. The Bertz CT molecular complexity index is 596. The van der Waals surface area contributed by atoms with E-state index in [9.17, 15) is 13.2 Å². The summed E-state index contributed by atoms with van der Waals surface area (Å²) < 4.78 is 25.5. The zero-order valence-electron chi connectivity index (χ0n) is 11.6. The van der Waals surface area contributed by atoms with Gasteiger partial charge in [0.2, 0.25) is 0 Å². The smallest absolute Gasteiger partial charge is 0.335 e. The van der Waals surface area contributed by atoms with E-state index >= 15 is 0 Å². The molecule has 2 rings (SSSR count). The molecule has 0 spiro atoms. The predicted octanol–water partition coefficient (Wildman–Crippen LogP) is 3.19. The topological polar surface area (TPSA) is 71.4 Å². The van der Waals surface area contributed by atoms with Crippen molar-refractivity contribution in [2.24, 2.45) is 0 Å². The number of carboxylic acid groups (broad SMARTS) is 1. The Morgan fingerprint density at radius 3 is 2.30 bits per heavy atom. The number of sulfone groups is 1. The molecule has 1 N–H and O–H groups in total. The predicted molar refractivity (Wildman–Crippen MR) is 76.8 cm³/mol. The minimum absolute atomic E-state index is 0.0304. The quantitative estimate of drug-likeness (QED) is 0.869. The van der Waals surface area contributed by atoms with Crippen LogP contribution in [0.1, 0.15) is 54.4 Å². The molecule has 1 aliphatic rings. The van der Waals surface area contributed by atoms with Gasteiger partial charge < -0.3 is 5.11 Å². The van der Waals surface area contributed by atoms with Crippen LogP contribution in [0.25, 0.3) is 0 Å². The summed E-state index contributed by atoms with van der Waals surface area (Å²) in [6, 6.07) is 4.33. The van der Waals surface area contributed by atoms with Crippen LogP contribution in [0.5, 0.6) is 0 Å². The minimum atomic E-state index is -3.44. The third-order valence-electron chi connectivity index (χ3n) is 3.98. The average Bonchev–Trinajstić information content (AvgIpc) is 2.68. The van der Waals surface area contributed by atoms with E-state index in [-0.39, 0.29) is 15.7 Å².